The number of nitrogens with one attached hydrogen (secondary N) is 2. The fraction of sp³-hybridized carbons (Fsp3) is 0.417. The number of nitrogens with zero attached hydrogens (tertiary/aromatic N) is 3. The number of rotatable bonds is 5. The number of aromatic nitrogens is 4. The lowest BCUT2D eigenvalue weighted by molar-refractivity contribution is 0.464. The summed E-state index contributed by atoms with van der Waals surface area (Å²) in [6.45, 7) is 4.97. The molecule has 0 amide bonds. The maximum Gasteiger partial charge on any atom is 0.287 e. The van der Waals surface area contributed by atoms with Gasteiger partial charge in [-0.3, -0.25) is 9.89 Å². The number of anilines is 2. The first-order chi connectivity index (χ1) is 9.49. The Kier molecular flexibility index (Phi) is 4.29. The average molecular weight is 297 g/mol. The van der Waals surface area contributed by atoms with Crippen LogP contribution in [0.15, 0.2) is 17.2 Å². The summed E-state index contributed by atoms with van der Waals surface area (Å²) < 4.78 is 1.37. The zero-order chi connectivity index (χ0) is 14.7. The molecule has 0 bridgehead atoms. The van der Waals surface area contributed by atoms with Crippen LogP contribution in [-0.2, 0) is 13.1 Å². The number of halogens is 1. The topological polar surface area (TPSA) is 102 Å². The summed E-state index contributed by atoms with van der Waals surface area (Å²) in [5.41, 5.74) is 6.66. The zero-order valence-electron chi connectivity index (χ0n) is 11.4. The molecule has 0 fully saturated rings. The molecular weight excluding hydrogens is 280 g/mol. The highest BCUT2D eigenvalue weighted by molar-refractivity contribution is 6.32. The van der Waals surface area contributed by atoms with E-state index in [2.05, 4.69) is 20.6 Å². The zero-order valence-corrected chi connectivity index (χ0v) is 12.1. The van der Waals surface area contributed by atoms with Crippen LogP contribution in [0.5, 0.6) is 0 Å². The standard InChI is InChI=1S/C12H17ClN6O/c1-7(2)6-19-12(20)10(13)9(5-17-19)15-3-8-4-16-18-11(8)14/h4-5,7,15H,3,6H2,1-2H3,(H3,14,16,18). The van der Waals surface area contributed by atoms with Gasteiger partial charge in [-0.05, 0) is 5.92 Å². The molecule has 0 aliphatic carbocycles. The van der Waals surface area contributed by atoms with Crippen LogP contribution < -0.4 is 16.6 Å². The second-order valence-corrected chi connectivity index (χ2v) is 5.29. The molecule has 4 N–H and O–H groups in total. The minimum absolute atomic E-state index is 0.128. The Morgan fingerprint density at radius 3 is 2.85 bits per heavy atom. The van der Waals surface area contributed by atoms with Crippen molar-refractivity contribution in [2.45, 2.75) is 26.9 Å². The summed E-state index contributed by atoms with van der Waals surface area (Å²) >= 11 is 6.07. The first kappa shape index (κ1) is 14.4. The van der Waals surface area contributed by atoms with Crippen molar-refractivity contribution in [3.8, 4) is 0 Å². The van der Waals surface area contributed by atoms with E-state index >= 15 is 0 Å². The van der Waals surface area contributed by atoms with Gasteiger partial charge in [0.1, 0.15) is 10.8 Å². The molecule has 2 heterocycles. The Balaban J connectivity index is 2.15. The van der Waals surface area contributed by atoms with E-state index in [-0.39, 0.29) is 10.6 Å². The van der Waals surface area contributed by atoms with Gasteiger partial charge in [0.05, 0.1) is 18.1 Å². The normalized spacial score (nSPS) is 11.0. The summed E-state index contributed by atoms with van der Waals surface area (Å²) in [6.07, 6.45) is 3.16. The molecule has 2 aromatic rings. The van der Waals surface area contributed by atoms with Crippen LogP contribution in [0.2, 0.25) is 5.02 Å². The van der Waals surface area contributed by atoms with Gasteiger partial charge in [-0.15, -0.1) is 0 Å². The van der Waals surface area contributed by atoms with Gasteiger partial charge in [-0.25, -0.2) is 4.68 Å². The monoisotopic (exact) mass is 296 g/mol. The molecule has 2 aromatic heterocycles. The van der Waals surface area contributed by atoms with Gasteiger partial charge in [0.15, 0.2) is 0 Å². The smallest absolute Gasteiger partial charge is 0.287 e. The minimum Gasteiger partial charge on any atom is -0.384 e. The largest absolute Gasteiger partial charge is 0.384 e. The van der Waals surface area contributed by atoms with Gasteiger partial charge in [0, 0.05) is 18.7 Å². The number of aromatic amines is 1. The second kappa shape index (κ2) is 5.96. The third-order valence-corrected chi connectivity index (χ3v) is 3.11. The number of nitrogen functional groups attached to an aromatic ring is 1. The van der Waals surface area contributed by atoms with Crippen molar-refractivity contribution in [3.63, 3.8) is 0 Å². The van der Waals surface area contributed by atoms with Crippen molar-refractivity contribution in [2.24, 2.45) is 5.92 Å². The molecule has 0 atom stereocenters. The van der Waals surface area contributed by atoms with Gasteiger partial charge < -0.3 is 11.1 Å². The predicted octanol–water partition coefficient (Wildman–Crippen LogP) is 1.47. The molecular formula is C12H17ClN6O. The Hall–Kier alpha value is -2.02. The summed E-state index contributed by atoms with van der Waals surface area (Å²) in [4.78, 5) is 12.0. The van der Waals surface area contributed by atoms with E-state index in [0.29, 0.717) is 30.5 Å². The molecule has 0 aliphatic heterocycles. The minimum atomic E-state index is -0.300. The van der Waals surface area contributed by atoms with Crippen LogP contribution in [0, 0.1) is 5.92 Å². The van der Waals surface area contributed by atoms with Crippen molar-refractivity contribution < 1.29 is 0 Å². The van der Waals surface area contributed by atoms with E-state index in [1.807, 2.05) is 13.8 Å². The van der Waals surface area contributed by atoms with E-state index in [1.165, 1.54) is 4.68 Å². The Labute approximate surface area is 121 Å². The van der Waals surface area contributed by atoms with Gasteiger partial charge in [0.25, 0.3) is 5.56 Å². The highest BCUT2D eigenvalue weighted by Gasteiger charge is 2.10. The van der Waals surface area contributed by atoms with Crippen LogP contribution >= 0.6 is 11.6 Å². The quantitative estimate of drug-likeness (QED) is 0.775. The Bertz CT molecular complexity index is 648. The van der Waals surface area contributed by atoms with Gasteiger partial charge in [-0.1, -0.05) is 25.4 Å². The predicted molar refractivity (Wildman–Crippen MR) is 78.7 cm³/mol. The van der Waals surface area contributed by atoms with Crippen molar-refractivity contribution >= 4 is 23.1 Å². The fourth-order valence-electron chi connectivity index (χ4n) is 1.72. The summed E-state index contributed by atoms with van der Waals surface area (Å²) in [7, 11) is 0. The van der Waals surface area contributed by atoms with E-state index in [9.17, 15) is 4.79 Å². The van der Waals surface area contributed by atoms with Crippen LogP contribution in [0.1, 0.15) is 19.4 Å². The molecule has 0 aliphatic rings. The maximum atomic E-state index is 12.0. The van der Waals surface area contributed by atoms with E-state index in [1.54, 1.807) is 12.4 Å². The average Bonchev–Trinajstić information content (AvgIpc) is 2.79. The maximum absolute atomic E-state index is 12.0. The summed E-state index contributed by atoms with van der Waals surface area (Å²) in [6, 6.07) is 0. The van der Waals surface area contributed by atoms with Crippen molar-refractivity contribution in [3.05, 3.63) is 33.3 Å². The molecule has 0 saturated heterocycles. The fourth-order valence-corrected chi connectivity index (χ4v) is 1.93. The number of nitrogens with two attached hydrogens (primary N) is 1. The number of H-pyrrole nitrogens is 1. The van der Waals surface area contributed by atoms with Crippen LogP contribution in [0.3, 0.4) is 0 Å². The molecule has 0 spiro atoms. The Morgan fingerprint density at radius 1 is 1.50 bits per heavy atom. The van der Waals surface area contributed by atoms with Gasteiger partial charge in [0.2, 0.25) is 0 Å². The van der Waals surface area contributed by atoms with Gasteiger partial charge in [-0.2, -0.15) is 10.2 Å². The molecule has 2 rings (SSSR count). The Morgan fingerprint density at radius 2 is 2.25 bits per heavy atom. The second-order valence-electron chi connectivity index (χ2n) is 4.92. The van der Waals surface area contributed by atoms with Crippen molar-refractivity contribution in [1.82, 2.24) is 20.0 Å². The first-order valence-electron chi connectivity index (χ1n) is 6.26. The van der Waals surface area contributed by atoms with Crippen LogP contribution in [0.25, 0.3) is 0 Å². The molecule has 0 aromatic carbocycles. The lowest BCUT2D eigenvalue weighted by Gasteiger charge is -2.11. The van der Waals surface area contributed by atoms with E-state index < -0.39 is 0 Å². The molecule has 7 nitrogen and oxygen atoms in total. The molecule has 108 valence electrons. The molecule has 0 radical (unpaired) electrons. The van der Waals surface area contributed by atoms with Gasteiger partial charge >= 0.3 is 0 Å². The number of hydrogen-bond donors (Lipinski definition) is 3. The third kappa shape index (κ3) is 3.11. The first-order valence-corrected chi connectivity index (χ1v) is 6.64. The SMILES string of the molecule is CC(C)Cn1ncc(NCc2cn[nH]c2N)c(Cl)c1=O. The number of hydrogen-bond acceptors (Lipinski definition) is 5. The summed E-state index contributed by atoms with van der Waals surface area (Å²) in [5.74, 6) is 0.801. The van der Waals surface area contributed by atoms with E-state index in [0.717, 1.165) is 5.56 Å². The molecule has 0 saturated carbocycles. The van der Waals surface area contributed by atoms with Crippen molar-refractivity contribution in [1.29, 1.82) is 0 Å². The highest BCUT2D eigenvalue weighted by atomic mass is 35.5. The molecule has 8 heteroatoms. The molecule has 20 heavy (non-hydrogen) atoms. The summed E-state index contributed by atoms with van der Waals surface area (Å²) in [5, 5.41) is 13.7. The third-order valence-electron chi connectivity index (χ3n) is 2.74. The van der Waals surface area contributed by atoms with Crippen molar-refractivity contribution in [2.75, 3.05) is 11.1 Å². The lowest BCUT2D eigenvalue weighted by Crippen LogP contribution is -2.26. The highest BCUT2D eigenvalue weighted by Crippen LogP contribution is 2.17. The molecule has 0 unspecified atom stereocenters. The van der Waals surface area contributed by atoms with Crippen LogP contribution in [0.4, 0.5) is 11.5 Å². The lowest BCUT2D eigenvalue weighted by atomic mass is 10.2. The van der Waals surface area contributed by atoms with Crippen LogP contribution in [-0.4, -0.2) is 20.0 Å². The van der Waals surface area contributed by atoms with E-state index in [4.69, 9.17) is 17.3 Å².